The maximum absolute atomic E-state index is 14.8. The summed E-state index contributed by atoms with van der Waals surface area (Å²) in [5.41, 5.74) is 7.63. The number of nitrogens with one attached hydrogen (secondary N) is 3. The van der Waals surface area contributed by atoms with Gasteiger partial charge in [0.15, 0.2) is 17.2 Å². The molecule has 3 heterocycles. The first-order valence-corrected chi connectivity index (χ1v) is 8.99. The van der Waals surface area contributed by atoms with Gasteiger partial charge in [0.25, 0.3) is 0 Å². The maximum atomic E-state index is 14.8. The van der Waals surface area contributed by atoms with Crippen molar-refractivity contribution in [1.82, 2.24) is 21.6 Å². The molecule has 0 bridgehead atoms. The van der Waals surface area contributed by atoms with E-state index in [9.17, 15) is 13.6 Å². The predicted octanol–water partition coefficient (Wildman–Crippen LogP) is 0.0418. The Morgan fingerprint density at radius 2 is 2.07 bits per heavy atom. The number of anilines is 2. The lowest BCUT2D eigenvalue weighted by molar-refractivity contribution is 0.0589. The number of rotatable bonds is 3. The van der Waals surface area contributed by atoms with Gasteiger partial charge in [0.05, 0.1) is 24.9 Å². The molecule has 1 aliphatic carbocycles. The maximum Gasteiger partial charge on any atom is 0.415 e. The van der Waals surface area contributed by atoms with E-state index in [1.54, 1.807) is 10.0 Å². The molecule has 4 aliphatic rings. The zero-order valence-electron chi connectivity index (χ0n) is 14.8. The Kier molecular flexibility index (Phi) is 4.00. The molecule has 10 nitrogen and oxygen atoms in total. The summed E-state index contributed by atoms with van der Waals surface area (Å²) in [5.74, 6) is -1.46. The van der Waals surface area contributed by atoms with E-state index in [0.717, 1.165) is 0 Å². The third kappa shape index (κ3) is 2.80. The topological polar surface area (TPSA) is 93.7 Å². The van der Waals surface area contributed by atoms with Crippen LogP contribution in [0.2, 0.25) is 0 Å². The van der Waals surface area contributed by atoms with E-state index in [1.165, 1.54) is 23.4 Å². The summed E-state index contributed by atoms with van der Waals surface area (Å²) in [5, 5.41) is 5.46. The zero-order valence-corrected chi connectivity index (χ0v) is 14.8. The number of nitrogens with zero attached hydrogens (tertiary/aromatic N) is 4. The van der Waals surface area contributed by atoms with Crippen LogP contribution in [-0.2, 0) is 9.57 Å². The molecule has 3 N–H and O–H groups in total. The van der Waals surface area contributed by atoms with Crippen LogP contribution < -0.4 is 26.2 Å². The Morgan fingerprint density at radius 3 is 2.82 bits per heavy atom. The number of hydrazone groups is 1. The molecule has 1 aromatic rings. The number of hydrogen-bond donors (Lipinski definition) is 3. The van der Waals surface area contributed by atoms with Crippen molar-refractivity contribution in [1.29, 1.82) is 0 Å². The number of hydrogen-bond acceptors (Lipinski definition) is 9. The number of carbonyl (C=O) groups is 1. The molecule has 1 aromatic carbocycles. The highest BCUT2D eigenvalue weighted by molar-refractivity contribution is 5.91. The van der Waals surface area contributed by atoms with Crippen LogP contribution in [0.4, 0.5) is 25.0 Å². The van der Waals surface area contributed by atoms with Crippen LogP contribution in [0.3, 0.4) is 0 Å². The predicted molar refractivity (Wildman–Crippen MR) is 94.1 cm³/mol. The van der Waals surface area contributed by atoms with Gasteiger partial charge < -0.3 is 9.64 Å². The molecule has 0 aromatic heterocycles. The Morgan fingerprint density at radius 1 is 1.25 bits per heavy atom. The van der Waals surface area contributed by atoms with Crippen molar-refractivity contribution in [3.05, 3.63) is 23.8 Å². The van der Waals surface area contributed by atoms with Gasteiger partial charge in [0.1, 0.15) is 12.0 Å². The monoisotopic (exact) mass is 395 g/mol. The summed E-state index contributed by atoms with van der Waals surface area (Å²) >= 11 is 0. The van der Waals surface area contributed by atoms with Crippen molar-refractivity contribution in [2.75, 3.05) is 42.6 Å². The molecule has 0 radical (unpaired) electrons. The first-order chi connectivity index (χ1) is 13.6. The van der Waals surface area contributed by atoms with Crippen molar-refractivity contribution in [2.24, 2.45) is 5.10 Å². The summed E-state index contributed by atoms with van der Waals surface area (Å²) in [6.07, 6.45) is 1.44. The van der Waals surface area contributed by atoms with Crippen LogP contribution in [0.1, 0.15) is 6.42 Å². The Bertz CT molecular complexity index is 801. The van der Waals surface area contributed by atoms with Crippen LogP contribution in [-0.4, -0.2) is 62.0 Å². The number of ether oxygens (including phenoxy) is 1. The van der Waals surface area contributed by atoms with Gasteiger partial charge in [0.2, 0.25) is 0 Å². The van der Waals surface area contributed by atoms with Crippen molar-refractivity contribution in [3.8, 4) is 0 Å². The van der Waals surface area contributed by atoms with Crippen LogP contribution >= 0.6 is 0 Å². The fraction of sp³-hybridized carbons (Fsp3) is 0.500. The van der Waals surface area contributed by atoms with E-state index in [-0.39, 0.29) is 24.0 Å². The van der Waals surface area contributed by atoms with E-state index < -0.39 is 23.3 Å². The van der Waals surface area contributed by atoms with Crippen LogP contribution in [0.15, 0.2) is 17.2 Å². The number of amides is 1. The minimum Gasteiger partial charge on any atom is -0.439 e. The molecular formula is C16H19F2N7O3. The van der Waals surface area contributed by atoms with Gasteiger partial charge in [-0.05, 0) is 0 Å². The van der Waals surface area contributed by atoms with E-state index in [2.05, 4.69) is 21.5 Å². The number of halogens is 2. The van der Waals surface area contributed by atoms with Gasteiger partial charge >= 0.3 is 6.09 Å². The van der Waals surface area contributed by atoms with Gasteiger partial charge in [-0.15, -0.1) is 5.12 Å². The van der Waals surface area contributed by atoms with Crippen molar-refractivity contribution < 1.29 is 23.1 Å². The third-order valence-corrected chi connectivity index (χ3v) is 5.34. The number of carbonyl (C=O) groups excluding carboxylic acids is 1. The number of benzene rings is 1. The summed E-state index contributed by atoms with van der Waals surface area (Å²) < 4.78 is 35.1. The highest BCUT2D eigenvalue weighted by atomic mass is 19.1. The van der Waals surface area contributed by atoms with Crippen LogP contribution in [0.5, 0.6) is 0 Å². The van der Waals surface area contributed by atoms with Crippen molar-refractivity contribution >= 4 is 23.8 Å². The first kappa shape index (κ1) is 17.4. The highest BCUT2D eigenvalue weighted by Gasteiger charge is 2.67. The quantitative estimate of drug-likeness (QED) is 0.661. The minimum atomic E-state index is -0.732. The van der Waals surface area contributed by atoms with E-state index >= 15 is 0 Å². The van der Waals surface area contributed by atoms with Gasteiger partial charge in [0, 0.05) is 38.2 Å². The van der Waals surface area contributed by atoms with Crippen LogP contribution in [0.25, 0.3) is 0 Å². The average molecular weight is 395 g/mol. The Balaban J connectivity index is 1.36. The van der Waals surface area contributed by atoms with E-state index in [0.29, 0.717) is 32.7 Å². The van der Waals surface area contributed by atoms with Crippen molar-refractivity contribution in [2.45, 2.75) is 18.1 Å². The molecule has 1 saturated carbocycles. The average Bonchev–Trinajstić information content (AvgIpc) is 3.01. The first-order valence-electron chi connectivity index (χ1n) is 8.99. The summed E-state index contributed by atoms with van der Waals surface area (Å²) in [7, 11) is 0. The second kappa shape index (κ2) is 6.43. The summed E-state index contributed by atoms with van der Waals surface area (Å²) in [6, 6.07) is 2.22. The normalized spacial score (nSPS) is 29.6. The molecule has 3 aliphatic heterocycles. The van der Waals surface area contributed by atoms with Crippen molar-refractivity contribution in [3.63, 3.8) is 0 Å². The Labute approximate surface area is 158 Å². The fourth-order valence-corrected chi connectivity index (χ4v) is 3.86. The van der Waals surface area contributed by atoms with Gasteiger partial charge in [-0.25, -0.2) is 24.6 Å². The summed E-state index contributed by atoms with van der Waals surface area (Å²) in [6.45, 7) is 1.73. The lowest BCUT2D eigenvalue weighted by atomic mass is 10.2. The third-order valence-electron chi connectivity index (χ3n) is 5.34. The lowest BCUT2D eigenvalue weighted by Gasteiger charge is -2.24. The molecule has 12 heteroatoms. The molecule has 3 fully saturated rings. The van der Waals surface area contributed by atoms with Gasteiger partial charge in [-0.3, -0.25) is 15.2 Å². The second-order valence-electron chi connectivity index (χ2n) is 7.08. The molecule has 2 unspecified atom stereocenters. The van der Waals surface area contributed by atoms with Gasteiger partial charge in [-0.2, -0.15) is 5.10 Å². The minimum absolute atomic E-state index is 0.120. The summed E-state index contributed by atoms with van der Waals surface area (Å²) in [4.78, 5) is 20.3. The largest absolute Gasteiger partial charge is 0.439 e. The SMILES string of the molecule is O=C1OC2(CC2N2NC=NN2)CN1c1cc(F)c(N2CCNOCC2)c(F)c1. The fourth-order valence-electron chi connectivity index (χ4n) is 3.86. The molecule has 150 valence electrons. The number of hydrazine groups is 2. The number of hydroxylamine groups is 1. The van der Waals surface area contributed by atoms with Crippen LogP contribution in [0, 0.1) is 11.6 Å². The smallest absolute Gasteiger partial charge is 0.415 e. The zero-order chi connectivity index (χ0) is 19.3. The molecule has 2 saturated heterocycles. The lowest BCUT2D eigenvalue weighted by Crippen LogP contribution is -2.45. The molecule has 5 rings (SSSR count). The second-order valence-corrected chi connectivity index (χ2v) is 7.08. The molecule has 1 spiro atoms. The standard InChI is InChI=1S/C16H19F2N7O3/c17-11-5-10(6-12(18)14(11)23-2-1-21-27-4-3-23)24-8-16(28-15(24)26)7-13(16)25-20-9-19-22-25/h5-6,9,13,21-22H,1-4,7-8H2,(H,19,20). The molecule has 1 amide bonds. The van der Waals surface area contributed by atoms with E-state index in [1.807, 2.05) is 0 Å². The van der Waals surface area contributed by atoms with E-state index in [4.69, 9.17) is 9.57 Å². The molecule has 2 atom stereocenters. The Hall–Kier alpha value is -2.70. The molecular weight excluding hydrogens is 376 g/mol. The highest BCUT2D eigenvalue weighted by Crippen LogP contribution is 2.48. The van der Waals surface area contributed by atoms with Gasteiger partial charge in [-0.1, -0.05) is 0 Å². The molecule has 28 heavy (non-hydrogen) atoms.